The predicted molar refractivity (Wildman–Crippen MR) is 68.3 cm³/mol. The first-order valence-corrected chi connectivity index (χ1v) is 5.63. The summed E-state index contributed by atoms with van der Waals surface area (Å²) in [6.45, 7) is 4.32. The Labute approximate surface area is 107 Å². The molecule has 5 heteroatoms. The maximum Gasteiger partial charge on any atom is 0.287 e. The van der Waals surface area contributed by atoms with Gasteiger partial charge in [-0.3, -0.25) is 4.79 Å². The first-order chi connectivity index (χ1) is 7.57. The van der Waals surface area contributed by atoms with Crippen LogP contribution in [0.25, 0.3) is 0 Å². The quantitative estimate of drug-likeness (QED) is 0.866. The fraction of sp³-hybridized carbons (Fsp3) is 0.583. The second-order valence-electron chi connectivity index (χ2n) is 4.78. The molecule has 1 amide bonds. The molecule has 1 aromatic heterocycles. The minimum absolute atomic E-state index is 0. The van der Waals surface area contributed by atoms with Crippen molar-refractivity contribution in [3.63, 3.8) is 0 Å². The average molecular weight is 259 g/mol. The van der Waals surface area contributed by atoms with Crippen molar-refractivity contribution in [2.45, 2.75) is 32.2 Å². The third-order valence-electron chi connectivity index (χ3n) is 3.37. The van der Waals surface area contributed by atoms with Gasteiger partial charge >= 0.3 is 0 Å². The van der Waals surface area contributed by atoms with Gasteiger partial charge in [0.25, 0.3) is 5.91 Å². The van der Waals surface area contributed by atoms with Crippen molar-refractivity contribution >= 4 is 18.3 Å². The second-order valence-corrected chi connectivity index (χ2v) is 4.78. The molecule has 3 N–H and O–H groups in total. The van der Waals surface area contributed by atoms with Crippen LogP contribution >= 0.6 is 12.4 Å². The molecular weight excluding hydrogens is 240 g/mol. The van der Waals surface area contributed by atoms with E-state index in [1.165, 1.54) is 6.26 Å². The van der Waals surface area contributed by atoms with Crippen LogP contribution in [0.2, 0.25) is 0 Å². The van der Waals surface area contributed by atoms with E-state index in [0.29, 0.717) is 18.2 Å². The highest BCUT2D eigenvalue weighted by Crippen LogP contribution is 2.39. The van der Waals surface area contributed by atoms with E-state index in [4.69, 9.17) is 10.2 Å². The fourth-order valence-electron chi connectivity index (χ4n) is 1.96. The molecule has 1 aromatic rings. The zero-order valence-electron chi connectivity index (χ0n) is 10.2. The third kappa shape index (κ3) is 2.82. The summed E-state index contributed by atoms with van der Waals surface area (Å²) in [6.07, 6.45) is 3.82. The maximum atomic E-state index is 12.0. The van der Waals surface area contributed by atoms with Gasteiger partial charge in [-0.25, -0.2) is 0 Å². The molecule has 1 saturated carbocycles. The van der Waals surface area contributed by atoms with Crippen LogP contribution in [0.15, 0.2) is 16.7 Å². The lowest BCUT2D eigenvalue weighted by Crippen LogP contribution is -2.53. The van der Waals surface area contributed by atoms with E-state index in [1.54, 1.807) is 6.07 Å². The zero-order valence-corrected chi connectivity index (χ0v) is 11.0. The van der Waals surface area contributed by atoms with E-state index < -0.39 is 0 Å². The Morgan fingerprint density at radius 1 is 1.65 bits per heavy atom. The number of rotatable bonds is 4. The van der Waals surface area contributed by atoms with Crippen LogP contribution < -0.4 is 11.1 Å². The van der Waals surface area contributed by atoms with Crippen molar-refractivity contribution in [1.82, 2.24) is 5.32 Å². The second kappa shape index (κ2) is 5.10. The maximum absolute atomic E-state index is 12.0. The van der Waals surface area contributed by atoms with Crippen LogP contribution in [0.5, 0.6) is 0 Å². The van der Waals surface area contributed by atoms with E-state index in [9.17, 15) is 4.79 Å². The summed E-state index contributed by atoms with van der Waals surface area (Å²) < 4.78 is 5.16. The number of halogens is 1. The zero-order chi connectivity index (χ0) is 11.8. The number of hydrogen-bond donors (Lipinski definition) is 2. The molecular formula is C12H19ClN2O2. The van der Waals surface area contributed by atoms with Crippen LogP contribution in [-0.2, 0) is 0 Å². The van der Waals surface area contributed by atoms with Crippen molar-refractivity contribution in [2.24, 2.45) is 11.7 Å². The van der Waals surface area contributed by atoms with Gasteiger partial charge in [0.15, 0.2) is 5.76 Å². The van der Waals surface area contributed by atoms with Crippen LogP contribution in [0.1, 0.15) is 35.9 Å². The number of aryl methyl sites for hydroxylation is 1. The molecule has 1 aliphatic carbocycles. The van der Waals surface area contributed by atoms with Crippen molar-refractivity contribution in [1.29, 1.82) is 0 Å². The number of furan rings is 1. The summed E-state index contributed by atoms with van der Waals surface area (Å²) >= 11 is 0. The number of nitrogens with two attached hydrogens (primary N) is 1. The highest BCUT2D eigenvalue weighted by Gasteiger charge is 2.42. The third-order valence-corrected chi connectivity index (χ3v) is 3.37. The Balaban J connectivity index is 0.00000144. The van der Waals surface area contributed by atoms with Crippen molar-refractivity contribution in [2.75, 3.05) is 6.54 Å². The molecule has 0 saturated heterocycles. The van der Waals surface area contributed by atoms with Gasteiger partial charge < -0.3 is 15.5 Å². The van der Waals surface area contributed by atoms with Gasteiger partial charge in [0.1, 0.15) is 0 Å². The van der Waals surface area contributed by atoms with E-state index in [2.05, 4.69) is 5.32 Å². The molecule has 1 unspecified atom stereocenters. The molecule has 1 aliphatic rings. The van der Waals surface area contributed by atoms with Gasteiger partial charge in [0, 0.05) is 12.1 Å². The van der Waals surface area contributed by atoms with Crippen LogP contribution in [0, 0.1) is 12.8 Å². The predicted octanol–water partition coefficient (Wildman–Crippen LogP) is 1.87. The number of carbonyl (C=O) groups excluding carboxylic acids is 1. The van der Waals surface area contributed by atoms with E-state index >= 15 is 0 Å². The summed E-state index contributed by atoms with van der Waals surface area (Å²) in [7, 11) is 0. The standard InChI is InChI=1S/C12H18N2O2.ClH/c1-8-5-6-16-10(8)11(15)14-12(2,7-13)9-3-4-9;/h5-6,9H,3-4,7,13H2,1-2H3,(H,14,15);1H. The fourth-order valence-corrected chi connectivity index (χ4v) is 1.96. The molecule has 2 rings (SSSR count). The van der Waals surface area contributed by atoms with Crippen molar-refractivity contribution in [3.8, 4) is 0 Å². The smallest absolute Gasteiger partial charge is 0.287 e. The highest BCUT2D eigenvalue weighted by molar-refractivity contribution is 5.93. The highest BCUT2D eigenvalue weighted by atomic mass is 35.5. The molecule has 17 heavy (non-hydrogen) atoms. The Kier molecular flexibility index (Phi) is 4.22. The van der Waals surface area contributed by atoms with Crippen LogP contribution in [0.3, 0.4) is 0 Å². The Bertz CT molecular complexity index is 401. The van der Waals surface area contributed by atoms with Gasteiger partial charge in [0.05, 0.1) is 11.8 Å². The largest absolute Gasteiger partial charge is 0.459 e. The van der Waals surface area contributed by atoms with E-state index in [-0.39, 0.29) is 23.9 Å². The molecule has 0 aromatic carbocycles. The monoisotopic (exact) mass is 258 g/mol. The van der Waals surface area contributed by atoms with Gasteiger partial charge in [0.2, 0.25) is 0 Å². The molecule has 1 heterocycles. The molecule has 1 atom stereocenters. The van der Waals surface area contributed by atoms with Gasteiger partial charge in [-0.2, -0.15) is 0 Å². The number of amides is 1. The molecule has 0 aliphatic heterocycles. The summed E-state index contributed by atoms with van der Waals surface area (Å²) in [5, 5.41) is 2.99. The molecule has 0 radical (unpaired) electrons. The van der Waals surface area contributed by atoms with Crippen LogP contribution in [-0.4, -0.2) is 18.0 Å². The van der Waals surface area contributed by atoms with Crippen molar-refractivity contribution < 1.29 is 9.21 Å². The molecule has 4 nitrogen and oxygen atoms in total. The lowest BCUT2D eigenvalue weighted by molar-refractivity contribution is 0.0868. The summed E-state index contributed by atoms with van der Waals surface area (Å²) in [5.74, 6) is 0.736. The number of carbonyl (C=O) groups is 1. The Hall–Kier alpha value is -1.00. The number of nitrogens with one attached hydrogen (secondary N) is 1. The minimum atomic E-state index is -0.295. The summed E-state index contributed by atoms with van der Waals surface area (Å²) in [5.41, 5.74) is 6.30. The molecule has 0 spiro atoms. The molecule has 1 fully saturated rings. The van der Waals surface area contributed by atoms with E-state index in [0.717, 1.165) is 18.4 Å². The molecule has 96 valence electrons. The lowest BCUT2D eigenvalue weighted by Gasteiger charge is -2.29. The average Bonchev–Trinajstić information content (AvgIpc) is 3.02. The summed E-state index contributed by atoms with van der Waals surface area (Å²) in [6, 6.07) is 1.78. The van der Waals surface area contributed by atoms with Gasteiger partial charge in [-0.15, -0.1) is 12.4 Å². The Morgan fingerprint density at radius 2 is 2.29 bits per heavy atom. The summed E-state index contributed by atoms with van der Waals surface area (Å²) in [4.78, 5) is 12.0. The first-order valence-electron chi connectivity index (χ1n) is 5.63. The van der Waals surface area contributed by atoms with Crippen LogP contribution in [0.4, 0.5) is 0 Å². The molecule has 0 bridgehead atoms. The Morgan fingerprint density at radius 3 is 2.71 bits per heavy atom. The van der Waals surface area contributed by atoms with Gasteiger partial charge in [-0.05, 0) is 38.7 Å². The SMILES string of the molecule is Cc1ccoc1C(=O)NC(C)(CN)C1CC1.Cl. The van der Waals surface area contributed by atoms with Crippen molar-refractivity contribution in [3.05, 3.63) is 23.7 Å². The lowest BCUT2D eigenvalue weighted by atomic mass is 9.95. The topological polar surface area (TPSA) is 68.3 Å². The van der Waals surface area contributed by atoms with Gasteiger partial charge in [-0.1, -0.05) is 0 Å². The minimum Gasteiger partial charge on any atom is -0.459 e. The first kappa shape index (κ1) is 14.1. The van der Waals surface area contributed by atoms with E-state index in [1.807, 2.05) is 13.8 Å². The number of hydrogen-bond acceptors (Lipinski definition) is 3. The normalized spacial score (nSPS) is 18.1.